The second-order valence-electron chi connectivity index (χ2n) is 3.68. The minimum atomic E-state index is -0.842. The minimum absolute atomic E-state index is 0.630. The van der Waals surface area contributed by atoms with Gasteiger partial charge in [0.25, 0.3) is 0 Å². The molecule has 1 N–H and O–H groups in total. The van der Waals surface area contributed by atoms with E-state index in [4.69, 9.17) is 0 Å². The molecule has 0 aliphatic rings. The Morgan fingerprint density at radius 2 is 2.06 bits per heavy atom. The average Bonchev–Trinajstić information content (AvgIpc) is 2.37. The molecule has 94 valence electrons. The Kier molecular flexibility index (Phi) is 4.28. The van der Waals surface area contributed by atoms with Crippen LogP contribution in [0, 0.1) is 11.6 Å². The highest BCUT2D eigenvalue weighted by molar-refractivity contribution is 7.99. The van der Waals surface area contributed by atoms with E-state index in [1.165, 1.54) is 17.8 Å². The van der Waals surface area contributed by atoms with E-state index in [0.29, 0.717) is 11.4 Å². The van der Waals surface area contributed by atoms with Crippen molar-refractivity contribution in [1.82, 2.24) is 10.3 Å². The first-order chi connectivity index (χ1) is 8.70. The molecule has 0 aliphatic heterocycles. The zero-order valence-electron chi connectivity index (χ0n) is 9.78. The van der Waals surface area contributed by atoms with E-state index < -0.39 is 11.6 Å². The van der Waals surface area contributed by atoms with Gasteiger partial charge in [-0.1, -0.05) is 17.8 Å². The summed E-state index contributed by atoms with van der Waals surface area (Å²) in [7, 11) is 1.85. The highest BCUT2D eigenvalue weighted by atomic mass is 32.2. The molecule has 0 aliphatic carbocycles. The highest BCUT2D eigenvalue weighted by Gasteiger charge is 2.07. The molecule has 18 heavy (non-hydrogen) atoms. The molecule has 0 spiro atoms. The summed E-state index contributed by atoms with van der Waals surface area (Å²) in [5.74, 6) is -1.68. The topological polar surface area (TPSA) is 24.9 Å². The lowest BCUT2D eigenvalue weighted by Gasteiger charge is -2.07. The molecule has 2 rings (SSSR count). The molecule has 0 bridgehead atoms. The standard InChI is InChI=1S/C13H12F2N2S/c1-16-8-9-3-2-6-17-13(9)18-10-4-5-11(14)12(15)7-10/h2-7,16H,8H2,1H3. The number of rotatable bonds is 4. The van der Waals surface area contributed by atoms with E-state index in [1.807, 2.05) is 19.2 Å². The van der Waals surface area contributed by atoms with Crippen LogP contribution in [0.4, 0.5) is 8.78 Å². The first-order valence-corrected chi connectivity index (χ1v) is 6.23. The van der Waals surface area contributed by atoms with Gasteiger partial charge in [-0.05, 0) is 36.9 Å². The zero-order valence-corrected chi connectivity index (χ0v) is 10.6. The predicted octanol–water partition coefficient (Wildman–Crippen LogP) is 3.23. The van der Waals surface area contributed by atoms with Crippen molar-refractivity contribution in [2.75, 3.05) is 7.05 Å². The lowest BCUT2D eigenvalue weighted by atomic mass is 10.3. The van der Waals surface area contributed by atoms with Gasteiger partial charge in [0.1, 0.15) is 5.03 Å². The SMILES string of the molecule is CNCc1cccnc1Sc1ccc(F)c(F)c1. The Morgan fingerprint density at radius 3 is 2.78 bits per heavy atom. The van der Waals surface area contributed by atoms with Crippen molar-refractivity contribution in [1.29, 1.82) is 0 Å². The van der Waals surface area contributed by atoms with Crippen molar-refractivity contribution in [2.45, 2.75) is 16.5 Å². The van der Waals surface area contributed by atoms with Crippen LogP contribution in [0.3, 0.4) is 0 Å². The van der Waals surface area contributed by atoms with Crippen molar-refractivity contribution >= 4 is 11.8 Å². The predicted molar refractivity (Wildman–Crippen MR) is 67.5 cm³/mol. The molecular formula is C13H12F2N2S. The summed E-state index contributed by atoms with van der Waals surface area (Å²) in [6.45, 7) is 0.680. The van der Waals surface area contributed by atoms with Gasteiger partial charge in [0.2, 0.25) is 0 Å². The fraction of sp³-hybridized carbons (Fsp3) is 0.154. The van der Waals surface area contributed by atoms with Crippen molar-refractivity contribution in [3.8, 4) is 0 Å². The van der Waals surface area contributed by atoms with Gasteiger partial charge >= 0.3 is 0 Å². The van der Waals surface area contributed by atoms with Crippen molar-refractivity contribution < 1.29 is 8.78 Å². The molecule has 2 aromatic rings. The lowest BCUT2D eigenvalue weighted by Crippen LogP contribution is -2.06. The summed E-state index contributed by atoms with van der Waals surface area (Å²) in [6.07, 6.45) is 1.68. The molecule has 1 aromatic carbocycles. The molecule has 0 saturated heterocycles. The van der Waals surface area contributed by atoms with Crippen molar-refractivity contribution in [3.63, 3.8) is 0 Å². The van der Waals surface area contributed by atoms with E-state index in [1.54, 1.807) is 12.3 Å². The van der Waals surface area contributed by atoms with E-state index in [2.05, 4.69) is 10.3 Å². The Labute approximate surface area is 108 Å². The smallest absolute Gasteiger partial charge is 0.159 e. The van der Waals surface area contributed by atoms with Gasteiger partial charge in [0.05, 0.1) is 0 Å². The van der Waals surface area contributed by atoms with Gasteiger partial charge in [0.15, 0.2) is 11.6 Å². The fourth-order valence-corrected chi connectivity index (χ4v) is 2.40. The maximum absolute atomic E-state index is 13.1. The third kappa shape index (κ3) is 3.05. The first kappa shape index (κ1) is 13.0. The Morgan fingerprint density at radius 1 is 1.22 bits per heavy atom. The number of nitrogens with zero attached hydrogens (tertiary/aromatic N) is 1. The molecule has 2 nitrogen and oxygen atoms in total. The van der Waals surface area contributed by atoms with E-state index >= 15 is 0 Å². The van der Waals surface area contributed by atoms with E-state index in [-0.39, 0.29) is 0 Å². The summed E-state index contributed by atoms with van der Waals surface area (Å²) in [6, 6.07) is 7.64. The van der Waals surface area contributed by atoms with Crippen LogP contribution in [0.15, 0.2) is 46.5 Å². The largest absolute Gasteiger partial charge is 0.316 e. The molecule has 0 saturated carbocycles. The van der Waals surface area contributed by atoms with E-state index in [0.717, 1.165) is 16.7 Å². The van der Waals surface area contributed by atoms with Crippen LogP contribution < -0.4 is 5.32 Å². The van der Waals surface area contributed by atoms with Crippen LogP contribution in [-0.2, 0) is 6.54 Å². The average molecular weight is 266 g/mol. The van der Waals surface area contributed by atoms with Crippen LogP contribution in [-0.4, -0.2) is 12.0 Å². The second kappa shape index (κ2) is 5.93. The van der Waals surface area contributed by atoms with Gasteiger partial charge in [-0.25, -0.2) is 13.8 Å². The zero-order chi connectivity index (χ0) is 13.0. The molecular weight excluding hydrogens is 254 g/mol. The maximum atomic E-state index is 13.1. The molecule has 5 heteroatoms. The molecule has 0 amide bonds. The van der Waals surface area contributed by atoms with Crippen LogP contribution in [0.5, 0.6) is 0 Å². The third-order valence-corrected chi connectivity index (χ3v) is 3.37. The van der Waals surface area contributed by atoms with Crippen LogP contribution >= 0.6 is 11.8 Å². The van der Waals surface area contributed by atoms with Crippen LogP contribution in [0.2, 0.25) is 0 Å². The molecule has 1 aromatic heterocycles. The molecule has 0 fully saturated rings. The van der Waals surface area contributed by atoms with Gasteiger partial charge in [-0.2, -0.15) is 0 Å². The number of nitrogens with one attached hydrogen (secondary N) is 1. The Balaban J connectivity index is 2.25. The number of aromatic nitrogens is 1. The molecule has 0 unspecified atom stereocenters. The summed E-state index contributed by atoms with van der Waals surface area (Å²) in [5.41, 5.74) is 1.02. The van der Waals surface area contributed by atoms with Gasteiger partial charge in [-0.3, -0.25) is 0 Å². The monoisotopic (exact) mass is 266 g/mol. The van der Waals surface area contributed by atoms with Crippen molar-refractivity contribution in [2.24, 2.45) is 0 Å². The Bertz CT molecular complexity index is 546. The number of hydrogen-bond donors (Lipinski definition) is 1. The number of halogens is 2. The summed E-state index contributed by atoms with van der Waals surface area (Å²) >= 11 is 1.32. The first-order valence-electron chi connectivity index (χ1n) is 5.42. The number of hydrogen-bond acceptors (Lipinski definition) is 3. The highest BCUT2D eigenvalue weighted by Crippen LogP contribution is 2.29. The molecule has 1 heterocycles. The Hall–Kier alpha value is -1.46. The van der Waals surface area contributed by atoms with Crippen LogP contribution in [0.1, 0.15) is 5.56 Å². The van der Waals surface area contributed by atoms with E-state index in [9.17, 15) is 8.78 Å². The lowest BCUT2D eigenvalue weighted by molar-refractivity contribution is 0.506. The quantitative estimate of drug-likeness (QED) is 0.919. The normalized spacial score (nSPS) is 10.6. The fourth-order valence-electron chi connectivity index (χ4n) is 1.49. The minimum Gasteiger partial charge on any atom is -0.316 e. The third-order valence-electron chi connectivity index (χ3n) is 2.32. The van der Waals surface area contributed by atoms with Gasteiger partial charge in [-0.15, -0.1) is 0 Å². The van der Waals surface area contributed by atoms with Gasteiger partial charge in [0, 0.05) is 17.6 Å². The second-order valence-corrected chi connectivity index (χ2v) is 4.74. The maximum Gasteiger partial charge on any atom is 0.159 e. The number of benzene rings is 1. The molecule has 0 atom stereocenters. The van der Waals surface area contributed by atoms with Gasteiger partial charge < -0.3 is 5.32 Å². The summed E-state index contributed by atoms with van der Waals surface area (Å²) < 4.78 is 25.9. The summed E-state index contributed by atoms with van der Waals surface area (Å²) in [5, 5.41) is 3.83. The van der Waals surface area contributed by atoms with Crippen LogP contribution in [0.25, 0.3) is 0 Å². The molecule has 0 radical (unpaired) electrons. The summed E-state index contributed by atoms with van der Waals surface area (Å²) in [4.78, 5) is 4.88. The van der Waals surface area contributed by atoms with Crippen molar-refractivity contribution in [3.05, 3.63) is 53.7 Å². The number of pyridine rings is 1.